The number of aromatic nitrogens is 2. The third kappa shape index (κ3) is 3.87. The Balaban J connectivity index is 1.18. The van der Waals surface area contributed by atoms with Gasteiger partial charge in [0.25, 0.3) is 11.5 Å². The Morgan fingerprint density at radius 3 is 2.67 bits per heavy atom. The fourth-order valence-electron chi connectivity index (χ4n) is 5.11. The Morgan fingerprint density at radius 2 is 1.80 bits per heavy atom. The van der Waals surface area contributed by atoms with Gasteiger partial charge < -0.3 is 10.1 Å². The summed E-state index contributed by atoms with van der Waals surface area (Å²) in [6, 6.07) is 10.0. The number of fused-ring (bicyclic) bond motifs is 2. The van der Waals surface area contributed by atoms with Gasteiger partial charge in [-0.1, -0.05) is 18.2 Å². The number of carbonyl (C=O) groups is 1. The molecule has 2 aromatic rings. The summed E-state index contributed by atoms with van der Waals surface area (Å²) < 4.78 is 7.64. The lowest BCUT2D eigenvalue weighted by Gasteiger charge is -2.32. The van der Waals surface area contributed by atoms with E-state index in [1.807, 2.05) is 18.2 Å². The lowest BCUT2D eigenvalue weighted by Crippen LogP contribution is -2.46. The standard InChI is InChI=1S/C24H29N3O3/c28-23-15-17-6-1-3-7-20(17)26-27(23)19-12-10-18(11-13-19)25-24(29)22-14-9-16-5-2-4-8-21(16)30-22/h2,4-5,8,15,18-19,22H,1,3,6-7,9-14H2,(H,25,29). The Kier molecular flexibility index (Phi) is 5.32. The monoisotopic (exact) mass is 407 g/mol. The first-order chi connectivity index (χ1) is 14.7. The van der Waals surface area contributed by atoms with Crippen LogP contribution in [0.4, 0.5) is 0 Å². The van der Waals surface area contributed by atoms with Gasteiger partial charge >= 0.3 is 0 Å². The highest BCUT2D eigenvalue weighted by Crippen LogP contribution is 2.30. The maximum absolute atomic E-state index is 12.7. The van der Waals surface area contributed by atoms with Gasteiger partial charge in [-0.25, -0.2) is 4.68 Å². The smallest absolute Gasteiger partial charge is 0.267 e. The van der Waals surface area contributed by atoms with Gasteiger partial charge in [-0.2, -0.15) is 5.10 Å². The first kappa shape index (κ1) is 19.3. The Hall–Kier alpha value is -2.63. The number of amides is 1. The second-order valence-electron chi connectivity index (χ2n) is 8.87. The molecule has 0 bridgehead atoms. The second kappa shape index (κ2) is 8.25. The number of para-hydroxylation sites is 1. The highest BCUT2D eigenvalue weighted by molar-refractivity contribution is 5.81. The number of hydrogen-bond acceptors (Lipinski definition) is 4. The number of nitrogens with zero attached hydrogens (tertiary/aromatic N) is 2. The van der Waals surface area contributed by atoms with Gasteiger partial charge in [0.2, 0.25) is 0 Å². The summed E-state index contributed by atoms with van der Waals surface area (Å²) in [4.78, 5) is 25.3. The third-order valence-corrected chi connectivity index (χ3v) is 6.83. The molecule has 5 rings (SSSR count). The minimum Gasteiger partial charge on any atom is -0.480 e. The molecule has 30 heavy (non-hydrogen) atoms. The van der Waals surface area contributed by atoms with Gasteiger partial charge in [0.05, 0.1) is 11.7 Å². The molecular weight excluding hydrogens is 378 g/mol. The summed E-state index contributed by atoms with van der Waals surface area (Å²) in [5.74, 6) is 0.808. The van der Waals surface area contributed by atoms with Crippen molar-refractivity contribution >= 4 is 5.91 Å². The van der Waals surface area contributed by atoms with Crippen LogP contribution in [0, 0.1) is 0 Å². The molecule has 158 valence electrons. The maximum Gasteiger partial charge on any atom is 0.267 e. The van der Waals surface area contributed by atoms with Crippen molar-refractivity contribution in [2.24, 2.45) is 0 Å². The molecular formula is C24H29N3O3. The molecule has 1 aromatic carbocycles. The van der Waals surface area contributed by atoms with Crippen LogP contribution in [0.25, 0.3) is 0 Å². The van der Waals surface area contributed by atoms with E-state index in [0.717, 1.165) is 74.8 Å². The summed E-state index contributed by atoms with van der Waals surface area (Å²) in [7, 11) is 0. The van der Waals surface area contributed by atoms with E-state index in [2.05, 4.69) is 11.4 Å². The molecule has 1 fully saturated rings. The predicted octanol–water partition coefficient (Wildman–Crippen LogP) is 3.12. The molecule has 2 heterocycles. The fourth-order valence-corrected chi connectivity index (χ4v) is 5.11. The number of benzene rings is 1. The Labute approximate surface area is 176 Å². The third-order valence-electron chi connectivity index (χ3n) is 6.83. The van der Waals surface area contributed by atoms with Gasteiger partial charge in [0, 0.05) is 12.1 Å². The second-order valence-corrected chi connectivity index (χ2v) is 8.87. The van der Waals surface area contributed by atoms with Crippen LogP contribution >= 0.6 is 0 Å². The molecule has 1 aromatic heterocycles. The van der Waals surface area contributed by atoms with E-state index in [-0.39, 0.29) is 23.6 Å². The molecule has 6 heteroatoms. The van der Waals surface area contributed by atoms with Crippen molar-refractivity contribution in [1.82, 2.24) is 15.1 Å². The zero-order chi connectivity index (χ0) is 20.5. The van der Waals surface area contributed by atoms with Crippen LogP contribution in [0.3, 0.4) is 0 Å². The average molecular weight is 408 g/mol. The average Bonchev–Trinajstić information content (AvgIpc) is 2.79. The van der Waals surface area contributed by atoms with Crippen LogP contribution in [0.2, 0.25) is 0 Å². The molecule has 6 nitrogen and oxygen atoms in total. The molecule has 1 saturated carbocycles. The van der Waals surface area contributed by atoms with Crippen LogP contribution in [0.5, 0.6) is 5.75 Å². The van der Waals surface area contributed by atoms with Crippen molar-refractivity contribution in [1.29, 1.82) is 0 Å². The summed E-state index contributed by atoms with van der Waals surface area (Å²) >= 11 is 0. The van der Waals surface area contributed by atoms with E-state index < -0.39 is 6.10 Å². The number of rotatable bonds is 3. The quantitative estimate of drug-likeness (QED) is 0.849. The summed E-state index contributed by atoms with van der Waals surface area (Å²) in [6.07, 6.45) is 8.90. The molecule has 1 amide bonds. The van der Waals surface area contributed by atoms with Crippen LogP contribution in [0.15, 0.2) is 35.1 Å². The van der Waals surface area contributed by atoms with E-state index in [0.29, 0.717) is 6.42 Å². The molecule has 0 radical (unpaired) electrons. The van der Waals surface area contributed by atoms with Gasteiger partial charge in [0.1, 0.15) is 5.75 Å². The molecule has 1 unspecified atom stereocenters. The van der Waals surface area contributed by atoms with E-state index in [1.54, 1.807) is 10.7 Å². The highest BCUT2D eigenvalue weighted by Gasteiger charge is 2.30. The Morgan fingerprint density at radius 1 is 1.00 bits per heavy atom. The molecule has 0 spiro atoms. The van der Waals surface area contributed by atoms with Crippen molar-refractivity contribution in [3.05, 3.63) is 57.5 Å². The molecule has 2 aliphatic carbocycles. The van der Waals surface area contributed by atoms with Crippen LogP contribution < -0.4 is 15.6 Å². The van der Waals surface area contributed by atoms with Gasteiger partial charge in [0.15, 0.2) is 6.10 Å². The van der Waals surface area contributed by atoms with Gasteiger partial charge in [-0.3, -0.25) is 9.59 Å². The summed E-state index contributed by atoms with van der Waals surface area (Å²) in [5.41, 5.74) is 3.44. The number of carbonyl (C=O) groups excluding carboxylic acids is 1. The van der Waals surface area contributed by atoms with E-state index >= 15 is 0 Å². The fraction of sp³-hybridized carbons (Fsp3) is 0.542. The minimum atomic E-state index is -0.414. The predicted molar refractivity (Wildman–Crippen MR) is 114 cm³/mol. The van der Waals surface area contributed by atoms with Crippen molar-refractivity contribution in [3.8, 4) is 5.75 Å². The number of nitrogens with one attached hydrogen (secondary N) is 1. The first-order valence-electron chi connectivity index (χ1n) is 11.3. The molecule has 1 atom stereocenters. The van der Waals surface area contributed by atoms with Crippen molar-refractivity contribution in [2.75, 3.05) is 0 Å². The molecule has 3 aliphatic rings. The maximum atomic E-state index is 12.7. The van der Waals surface area contributed by atoms with Gasteiger partial charge in [-0.15, -0.1) is 0 Å². The van der Waals surface area contributed by atoms with E-state index in [4.69, 9.17) is 9.84 Å². The van der Waals surface area contributed by atoms with Gasteiger partial charge in [-0.05, 0) is 81.4 Å². The van der Waals surface area contributed by atoms with Crippen molar-refractivity contribution < 1.29 is 9.53 Å². The van der Waals surface area contributed by atoms with Crippen LogP contribution in [0.1, 0.15) is 67.8 Å². The first-order valence-corrected chi connectivity index (χ1v) is 11.3. The largest absolute Gasteiger partial charge is 0.480 e. The lowest BCUT2D eigenvalue weighted by atomic mass is 9.90. The Bertz CT molecular complexity index is 991. The lowest BCUT2D eigenvalue weighted by molar-refractivity contribution is -0.129. The van der Waals surface area contributed by atoms with Crippen LogP contribution in [-0.2, 0) is 24.1 Å². The summed E-state index contributed by atoms with van der Waals surface area (Å²) in [5, 5.41) is 7.90. The zero-order valence-electron chi connectivity index (χ0n) is 17.3. The van der Waals surface area contributed by atoms with Crippen LogP contribution in [-0.4, -0.2) is 27.8 Å². The van der Waals surface area contributed by atoms with Crippen molar-refractivity contribution in [3.63, 3.8) is 0 Å². The number of aryl methyl sites for hydroxylation is 3. The highest BCUT2D eigenvalue weighted by atomic mass is 16.5. The molecule has 1 N–H and O–H groups in total. The summed E-state index contributed by atoms with van der Waals surface area (Å²) in [6.45, 7) is 0. The normalized spacial score (nSPS) is 25.5. The van der Waals surface area contributed by atoms with E-state index in [9.17, 15) is 9.59 Å². The van der Waals surface area contributed by atoms with E-state index in [1.165, 1.54) is 5.56 Å². The molecule has 0 saturated heterocycles. The minimum absolute atomic E-state index is 0.0166. The topological polar surface area (TPSA) is 73.2 Å². The number of hydrogen-bond donors (Lipinski definition) is 1. The van der Waals surface area contributed by atoms with Crippen molar-refractivity contribution in [2.45, 2.75) is 82.4 Å². The zero-order valence-corrected chi connectivity index (χ0v) is 17.3. The SMILES string of the molecule is O=C(NC1CCC(n2nc3c(cc2=O)CCCC3)CC1)C1CCc2ccccc2O1. The number of ether oxygens (including phenoxy) is 1. The molecule has 1 aliphatic heterocycles.